The third-order valence-electron chi connectivity index (χ3n) is 0. The van der Waals surface area contributed by atoms with Gasteiger partial charge in [-0.2, -0.15) is 0 Å². The Hall–Kier alpha value is 2.46. The van der Waals surface area contributed by atoms with Gasteiger partial charge in [-0.1, -0.05) is 0 Å². The van der Waals surface area contributed by atoms with E-state index < -0.39 is 0 Å². The van der Waals surface area contributed by atoms with Crippen LogP contribution in [0.4, 0.5) is 0 Å². The van der Waals surface area contributed by atoms with Crippen molar-refractivity contribution < 1.29 is 53.6 Å². The maximum atomic E-state index is 0. The van der Waals surface area contributed by atoms with E-state index >= 15 is 0 Å². The quantitative estimate of drug-likeness (QED) is 0.535. The predicted molar refractivity (Wildman–Crippen MR) is 5.75 cm³/mol. The molecule has 0 rings (SSSR count). The van der Waals surface area contributed by atoms with E-state index in [0.717, 1.165) is 0 Å². The molecular weight excluding hydrogens is 303 g/mol. The van der Waals surface area contributed by atoms with Gasteiger partial charge in [0.05, 0.1) is 0 Å². The van der Waals surface area contributed by atoms with Crippen LogP contribution in [0.15, 0.2) is 0 Å². The van der Waals surface area contributed by atoms with Gasteiger partial charge in [0.15, 0.2) is 0 Å². The van der Waals surface area contributed by atoms with Crippen LogP contribution in [0.5, 0.6) is 0 Å². The van der Waals surface area contributed by atoms with Crippen LogP contribution in [0.3, 0.4) is 0 Å². The maximum Gasteiger partial charge on any atom is 0 e. The van der Waals surface area contributed by atoms with Gasteiger partial charge in [0.25, 0.3) is 0 Å². The molecule has 0 nitrogen and oxygen atoms in total. The summed E-state index contributed by atoms with van der Waals surface area (Å²) >= 11 is 0. The van der Waals surface area contributed by atoms with Crippen LogP contribution in [-0.2, 0) is 53.6 Å². The van der Waals surface area contributed by atoms with Crippen LogP contribution in [0.25, 0.3) is 0 Å². The van der Waals surface area contributed by atoms with Crippen molar-refractivity contribution in [3.63, 3.8) is 0 Å². The average molecular weight is 303 g/mol. The topological polar surface area (TPSA) is 0 Å². The molecule has 25 valence electrons. The van der Waals surface area contributed by atoms with Gasteiger partial charge in [-0.25, -0.2) is 0 Å². The van der Waals surface area contributed by atoms with Crippen LogP contribution in [0.1, 0.15) is 0 Å². The first-order chi connectivity index (χ1) is 0. The van der Waals surface area contributed by atoms with Gasteiger partial charge in [-0.05, 0) is 0 Å². The van der Waals surface area contributed by atoms with Crippen LogP contribution in [-0.4, -0.2) is 23.9 Å². The Kier molecular flexibility index (Phi) is 143. The smallest absolute Gasteiger partial charge is 0 e. The molecule has 0 atom stereocenters. The van der Waals surface area contributed by atoms with Crippen molar-refractivity contribution in [2.45, 2.75) is 0 Å². The molecule has 0 aliphatic heterocycles. The summed E-state index contributed by atoms with van der Waals surface area (Å²) in [4.78, 5) is 0. The van der Waals surface area contributed by atoms with Gasteiger partial charge in [0, 0.05) is 77.5 Å². The zero-order chi connectivity index (χ0) is 0. The van der Waals surface area contributed by atoms with E-state index in [2.05, 4.69) is 0 Å². The van der Waals surface area contributed by atoms with Crippen molar-refractivity contribution in [2.24, 2.45) is 0 Å². The first-order valence-electron chi connectivity index (χ1n) is 0. The molecule has 4 heavy (non-hydrogen) atoms. The predicted octanol–water partition coefficient (Wildman–Crippen LogP) is -0.388. The Bertz CT molecular complexity index is 8.00. The third kappa shape index (κ3) is 8.82. The monoisotopic (exact) mass is 303 g/mol. The Morgan fingerprint density at radius 2 is 1.00 bits per heavy atom. The number of rotatable bonds is 0. The maximum absolute atomic E-state index is 0. The van der Waals surface area contributed by atoms with E-state index in [1.165, 1.54) is 0 Å². The Morgan fingerprint density at radius 1 is 1.00 bits per heavy atom. The summed E-state index contributed by atoms with van der Waals surface area (Å²) in [6.07, 6.45) is 0. The molecule has 0 saturated heterocycles. The van der Waals surface area contributed by atoms with Gasteiger partial charge < -0.3 is 0 Å². The number of hydrogen-bond acceptors (Lipinski definition) is 0. The molecule has 0 spiro atoms. The average Bonchev–Trinajstić information content (AvgIpc) is 0. The molecule has 5 radical (unpaired) electrons. The summed E-state index contributed by atoms with van der Waals surface area (Å²) in [5, 5.41) is 0. The molecule has 0 bridgehead atoms. The zero-order valence-corrected chi connectivity index (χ0v) is 9.73. The van der Waals surface area contributed by atoms with E-state index in [0.29, 0.717) is 0 Å². The summed E-state index contributed by atoms with van der Waals surface area (Å²) in [5.74, 6) is 0. The molecule has 0 amide bonds. The van der Waals surface area contributed by atoms with Crippen molar-refractivity contribution in [1.29, 1.82) is 0 Å². The summed E-state index contributed by atoms with van der Waals surface area (Å²) < 4.78 is 0. The van der Waals surface area contributed by atoms with Gasteiger partial charge in [-0.15, -0.1) is 0 Å². The SMILES string of the molecule is [Cu].[Fe].[Sn].[Zn]. The number of hydrogen-bond donors (Lipinski definition) is 0. The molecule has 0 aromatic carbocycles. The van der Waals surface area contributed by atoms with E-state index in [-0.39, 0.29) is 77.5 Å². The van der Waals surface area contributed by atoms with Crippen LogP contribution in [0, 0.1) is 0 Å². The van der Waals surface area contributed by atoms with Crippen molar-refractivity contribution >= 4 is 23.9 Å². The Balaban J connectivity index is 0. The molecule has 4 heteroatoms. The first kappa shape index (κ1) is 31.8. The Labute approximate surface area is 76.5 Å². The van der Waals surface area contributed by atoms with Crippen LogP contribution >= 0.6 is 0 Å². The van der Waals surface area contributed by atoms with E-state index in [1.54, 1.807) is 0 Å². The second-order valence-corrected chi connectivity index (χ2v) is 0. The van der Waals surface area contributed by atoms with Gasteiger partial charge in [0.1, 0.15) is 0 Å². The minimum Gasteiger partial charge on any atom is 0 e. The molecule has 0 heterocycles. The van der Waals surface area contributed by atoms with Crippen LogP contribution < -0.4 is 0 Å². The van der Waals surface area contributed by atoms with Crippen molar-refractivity contribution in [1.82, 2.24) is 0 Å². The molecular formula is CuFeSnZn. The molecule has 0 unspecified atom stereocenters. The van der Waals surface area contributed by atoms with E-state index in [4.69, 9.17) is 0 Å². The Morgan fingerprint density at radius 3 is 1.00 bits per heavy atom. The fourth-order valence-corrected chi connectivity index (χ4v) is 0. The molecule has 0 aliphatic rings. The summed E-state index contributed by atoms with van der Waals surface area (Å²) in [6.45, 7) is 0. The second-order valence-electron chi connectivity index (χ2n) is 0. The fourth-order valence-electron chi connectivity index (χ4n) is 0. The molecule has 0 aromatic heterocycles. The summed E-state index contributed by atoms with van der Waals surface area (Å²) in [7, 11) is 0. The van der Waals surface area contributed by atoms with Crippen molar-refractivity contribution in [3.05, 3.63) is 0 Å². The minimum atomic E-state index is 0. The van der Waals surface area contributed by atoms with E-state index in [1.807, 2.05) is 0 Å². The first-order valence-corrected chi connectivity index (χ1v) is 0. The molecule has 0 saturated carbocycles. The zero-order valence-electron chi connectivity index (χ0n) is 1.86. The van der Waals surface area contributed by atoms with Crippen LogP contribution in [0.2, 0.25) is 0 Å². The van der Waals surface area contributed by atoms with Gasteiger partial charge >= 0.3 is 0 Å². The third-order valence-corrected chi connectivity index (χ3v) is 0. The molecule has 0 N–H and O–H groups in total. The summed E-state index contributed by atoms with van der Waals surface area (Å²) in [6, 6.07) is 0. The van der Waals surface area contributed by atoms with Gasteiger partial charge in [0.2, 0.25) is 0 Å². The molecule has 0 aliphatic carbocycles. The molecule has 0 aromatic rings. The molecule has 0 fully saturated rings. The summed E-state index contributed by atoms with van der Waals surface area (Å²) in [5.41, 5.74) is 0. The normalized spacial score (nSPS) is 0. The second kappa shape index (κ2) is 17.9. The van der Waals surface area contributed by atoms with Gasteiger partial charge in [-0.3, -0.25) is 0 Å². The van der Waals surface area contributed by atoms with Crippen molar-refractivity contribution in [2.75, 3.05) is 0 Å². The fraction of sp³-hybridized carbons (Fsp3) is 0. The standard InChI is InChI=1S/Cu.Fe.Sn.Zn. The minimum absolute atomic E-state index is 0. The van der Waals surface area contributed by atoms with E-state index in [9.17, 15) is 0 Å². The van der Waals surface area contributed by atoms with Crippen molar-refractivity contribution in [3.8, 4) is 0 Å². The largest absolute Gasteiger partial charge is 0 e.